The molecule has 0 spiro atoms. The first kappa shape index (κ1) is 17.0. The molecule has 2 aromatic rings. The predicted molar refractivity (Wildman–Crippen MR) is 94.3 cm³/mol. The molecule has 6 nitrogen and oxygen atoms in total. The van der Waals surface area contributed by atoms with Crippen LogP contribution in [0.4, 0.5) is 4.79 Å². The van der Waals surface area contributed by atoms with E-state index in [9.17, 15) is 14.4 Å². The van der Waals surface area contributed by atoms with Gasteiger partial charge in [0.15, 0.2) is 5.54 Å². The molecule has 1 aromatic heterocycles. The fourth-order valence-corrected chi connectivity index (χ4v) is 3.09. The van der Waals surface area contributed by atoms with Gasteiger partial charge in [-0.25, -0.2) is 4.79 Å². The summed E-state index contributed by atoms with van der Waals surface area (Å²) in [7, 11) is 0. The molecule has 1 aliphatic heterocycles. The Bertz CT molecular complexity index is 884. The van der Waals surface area contributed by atoms with E-state index in [2.05, 4.69) is 24.5 Å². The van der Waals surface area contributed by atoms with E-state index >= 15 is 0 Å². The van der Waals surface area contributed by atoms with Crippen LogP contribution in [-0.2, 0) is 16.9 Å². The molecule has 0 bridgehead atoms. The minimum absolute atomic E-state index is 0.0338. The van der Waals surface area contributed by atoms with Crippen molar-refractivity contribution >= 4 is 11.9 Å². The largest absolute Gasteiger partial charge is 0.322 e. The van der Waals surface area contributed by atoms with Crippen molar-refractivity contribution in [3.05, 3.63) is 69.6 Å². The molecule has 1 aromatic carbocycles. The summed E-state index contributed by atoms with van der Waals surface area (Å²) in [6, 6.07) is 10.5. The van der Waals surface area contributed by atoms with E-state index in [0.29, 0.717) is 17.0 Å². The van der Waals surface area contributed by atoms with Crippen LogP contribution in [0.2, 0.25) is 0 Å². The average Bonchev–Trinajstić information content (AvgIpc) is 2.86. The van der Waals surface area contributed by atoms with Gasteiger partial charge in [-0.3, -0.25) is 14.9 Å². The zero-order chi connectivity index (χ0) is 18.2. The highest BCUT2D eigenvalue weighted by atomic mass is 16.2. The number of amides is 3. The van der Waals surface area contributed by atoms with Gasteiger partial charge in [-0.2, -0.15) is 0 Å². The average molecular weight is 339 g/mol. The second kappa shape index (κ2) is 6.20. The van der Waals surface area contributed by atoms with Crippen LogP contribution in [0.25, 0.3) is 0 Å². The normalized spacial score (nSPS) is 19.8. The molecule has 1 unspecified atom stereocenters. The summed E-state index contributed by atoms with van der Waals surface area (Å²) in [6.07, 6.45) is 1.62. The molecule has 0 aliphatic carbocycles. The Kier molecular flexibility index (Phi) is 4.20. The van der Waals surface area contributed by atoms with Crippen LogP contribution in [-0.4, -0.2) is 16.5 Å². The summed E-state index contributed by atoms with van der Waals surface area (Å²) in [6.45, 7) is 5.92. The Morgan fingerprint density at radius 3 is 2.32 bits per heavy atom. The van der Waals surface area contributed by atoms with E-state index in [1.165, 1.54) is 4.57 Å². The Balaban J connectivity index is 2.08. The van der Waals surface area contributed by atoms with Gasteiger partial charge in [0.2, 0.25) is 0 Å². The fourth-order valence-electron chi connectivity index (χ4n) is 3.09. The lowest BCUT2D eigenvalue weighted by Crippen LogP contribution is -2.49. The third kappa shape index (κ3) is 2.95. The van der Waals surface area contributed by atoms with E-state index in [1.54, 1.807) is 25.3 Å². The number of nitrogens with zero attached hydrogens (tertiary/aromatic N) is 1. The molecule has 1 saturated heterocycles. The third-order valence-corrected chi connectivity index (χ3v) is 4.63. The highest BCUT2D eigenvalue weighted by molar-refractivity contribution is 6.07. The zero-order valence-corrected chi connectivity index (χ0v) is 14.5. The summed E-state index contributed by atoms with van der Waals surface area (Å²) in [4.78, 5) is 36.8. The van der Waals surface area contributed by atoms with Crippen LogP contribution in [0.15, 0.2) is 47.4 Å². The summed E-state index contributed by atoms with van der Waals surface area (Å²) in [5, 5.41) is 5.01. The highest BCUT2D eigenvalue weighted by Crippen LogP contribution is 2.28. The topological polar surface area (TPSA) is 80.2 Å². The SMILES string of the molecule is Cc1cccn(CC2(c3ccc(C(C)C)cc3)NC(=O)NC2=O)c1=O. The van der Waals surface area contributed by atoms with E-state index in [0.717, 1.165) is 5.56 Å². The molecule has 130 valence electrons. The van der Waals surface area contributed by atoms with Gasteiger partial charge in [-0.1, -0.05) is 44.2 Å². The number of benzene rings is 1. The predicted octanol–water partition coefficient (Wildman–Crippen LogP) is 2.02. The van der Waals surface area contributed by atoms with Gasteiger partial charge in [0.25, 0.3) is 11.5 Å². The van der Waals surface area contributed by atoms with Crippen molar-refractivity contribution in [1.82, 2.24) is 15.2 Å². The van der Waals surface area contributed by atoms with Crippen molar-refractivity contribution in [2.24, 2.45) is 0 Å². The van der Waals surface area contributed by atoms with Crippen molar-refractivity contribution in [3.8, 4) is 0 Å². The first-order valence-corrected chi connectivity index (χ1v) is 8.23. The number of nitrogens with one attached hydrogen (secondary N) is 2. The molecule has 2 N–H and O–H groups in total. The van der Waals surface area contributed by atoms with Crippen molar-refractivity contribution < 1.29 is 9.59 Å². The Labute approximate surface area is 145 Å². The maximum atomic E-state index is 12.6. The molecule has 3 amide bonds. The number of urea groups is 1. The van der Waals surface area contributed by atoms with Crippen LogP contribution >= 0.6 is 0 Å². The lowest BCUT2D eigenvalue weighted by Gasteiger charge is -2.28. The first-order chi connectivity index (χ1) is 11.8. The van der Waals surface area contributed by atoms with Gasteiger partial charge < -0.3 is 9.88 Å². The third-order valence-electron chi connectivity index (χ3n) is 4.63. The number of pyridine rings is 1. The maximum absolute atomic E-state index is 12.6. The van der Waals surface area contributed by atoms with Crippen molar-refractivity contribution in [2.45, 2.75) is 38.8 Å². The van der Waals surface area contributed by atoms with Crippen LogP contribution in [0.5, 0.6) is 0 Å². The Morgan fingerprint density at radius 1 is 1.08 bits per heavy atom. The van der Waals surface area contributed by atoms with Crippen molar-refractivity contribution in [3.63, 3.8) is 0 Å². The molecule has 1 aliphatic rings. The number of hydrogen-bond acceptors (Lipinski definition) is 3. The lowest BCUT2D eigenvalue weighted by molar-refractivity contribution is -0.124. The summed E-state index contributed by atoms with van der Waals surface area (Å²) < 4.78 is 1.46. The Hall–Kier alpha value is -2.89. The van der Waals surface area contributed by atoms with E-state index < -0.39 is 17.5 Å². The van der Waals surface area contributed by atoms with Crippen LogP contribution in [0, 0.1) is 6.92 Å². The fraction of sp³-hybridized carbons (Fsp3) is 0.316. The van der Waals surface area contributed by atoms with Gasteiger partial charge in [0, 0.05) is 11.8 Å². The van der Waals surface area contributed by atoms with E-state index in [4.69, 9.17) is 0 Å². The number of imide groups is 1. The molecule has 2 heterocycles. The summed E-state index contributed by atoms with van der Waals surface area (Å²) in [5.41, 5.74) is 0.877. The van der Waals surface area contributed by atoms with Gasteiger partial charge in [0.1, 0.15) is 0 Å². The van der Waals surface area contributed by atoms with Crippen LogP contribution in [0.3, 0.4) is 0 Å². The minimum Gasteiger partial charge on any atom is -0.318 e. The second-order valence-electron chi connectivity index (χ2n) is 6.71. The van der Waals surface area contributed by atoms with Crippen LogP contribution in [0.1, 0.15) is 36.5 Å². The molecular weight excluding hydrogens is 318 g/mol. The smallest absolute Gasteiger partial charge is 0.318 e. The zero-order valence-electron chi connectivity index (χ0n) is 14.5. The number of hydrogen-bond donors (Lipinski definition) is 2. The molecule has 0 saturated carbocycles. The van der Waals surface area contributed by atoms with Gasteiger partial charge in [-0.05, 0) is 30.0 Å². The van der Waals surface area contributed by atoms with Crippen molar-refractivity contribution in [2.75, 3.05) is 0 Å². The van der Waals surface area contributed by atoms with Gasteiger partial charge in [0.05, 0.1) is 6.54 Å². The first-order valence-electron chi connectivity index (χ1n) is 8.23. The number of aryl methyl sites for hydroxylation is 1. The Morgan fingerprint density at radius 2 is 1.76 bits per heavy atom. The number of carbonyl (C=O) groups is 2. The molecule has 1 fully saturated rings. The summed E-state index contributed by atoms with van der Waals surface area (Å²) in [5.74, 6) is -0.0976. The van der Waals surface area contributed by atoms with Crippen molar-refractivity contribution in [1.29, 1.82) is 0 Å². The molecule has 0 radical (unpaired) electrons. The molecule has 3 rings (SSSR count). The number of aromatic nitrogens is 1. The molecule has 6 heteroatoms. The lowest BCUT2D eigenvalue weighted by atomic mass is 9.88. The molecular formula is C19H21N3O3. The number of carbonyl (C=O) groups excluding carboxylic acids is 2. The van der Waals surface area contributed by atoms with Crippen LogP contribution < -0.4 is 16.2 Å². The van der Waals surface area contributed by atoms with E-state index in [-0.39, 0.29) is 12.1 Å². The molecule has 25 heavy (non-hydrogen) atoms. The number of rotatable bonds is 4. The summed E-state index contributed by atoms with van der Waals surface area (Å²) >= 11 is 0. The van der Waals surface area contributed by atoms with Gasteiger partial charge >= 0.3 is 6.03 Å². The van der Waals surface area contributed by atoms with E-state index in [1.807, 2.05) is 24.3 Å². The standard InChI is InChI=1S/C19H21N3O3/c1-12(2)14-6-8-15(9-7-14)19(17(24)20-18(25)21-19)11-22-10-4-5-13(3)16(22)23/h4-10,12H,11H2,1-3H3,(H2,20,21,24,25). The minimum atomic E-state index is -1.30. The monoisotopic (exact) mass is 339 g/mol. The highest BCUT2D eigenvalue weighted by Gasteiger charge is 2.48. The van der Waals surface area contributed by atoms with Gasteiger partial charge in [-0.15, -0.1) is 0 Å². The second-order valence-corrected chi connectivity index (χ2v) is 6.71. The quantitative estimate of drug-likeness (QED) is 0.836. The molecule has 1 atom stereocenters. The maximum Gasteiger partial charge on any atom is 0.322 e.